The second-order valence-corrected chi connectivity index (χ2v) is 6.29. The van der Waals surface area contributed by atoms with Crippen LogP contribution in [0.25, 0.3) is 0 Å². The predicted octanol–water partition coefficient (Wildman–Crippen LogP) is 3.60. The van der Waals surface area contributed by atoms with Crippen LogP contribution in [0.1, 0.15) is 16.0 Å². The van der Waals surface area contributed by atoms with Gasteiger partial charge < -0.3 is 5.73 Å². The van der Waals surface area contributed by atoms with Crippen LogP contribution in [0, 0.1) is 0 Å². The molecule has 0 amide bonds. The van der Waals surface area contributed by atoms with Gasteiger partial charge in [0.25, 0.3) is 0 Å². The Kier molecular flexibility index (Phi) is 4.16. The summed E-state index contributed by atoms with van der Waals surface area (Å²) in [4.78, 5) is 1.39. The van der Waals surface area contributed by atoms with E-state index in [1.54, 1.807) is 11.3 Å². The molecule has 2 rings (SSSR count). The Morgan fingerprint density at radius 2 is 1.94 bits per heavy atom. The van der Waals surface area contributed by atoms with E-state index in [9.17, 15) is 0 Å². The Hall–Kier alpha value is -0.640. The minimum Gasteiger partial charge on any atom is -0.330 e. The van der Waals surface area contributed by atoms with Gasteiger partial charge in [-0.3, -0.25) is 0 Å². The maximum atomic E-state index is 5.56. The van der Waals surface area contributed by atoms with E-state index in [0.717, 1.165) is 12.8 Å². The van der Waals surface area contributed by atoms with E-state index in [1.807, 2.05) is 0 Å². The van der Waals surface area contributed by atoms with Gasteiger partial charge in [0.2, 0.25) is 0 Å². The lowest BCUT2D eigenvalue weighted by atomic mass is 10.1. The molecule has 0 radical (unpaired) electrons. The van der Waals surface area contributed by atoms with Crippen LogP contribution < -0.4 is 5.73 Å². The summed E-state index contributed by atoms with van der Waals surface area (Å²) in [7, 11) is 0. The maximum absolute atomic E-state index is 5.56. The lowest BCUT2D eigenvalue weighted by Crippen LogP contribution is -2.02. The molecule has 1 aromatic heterocycles. The van der Waals surface area contributed by atoms with Crippen molar-refractivity contribution in [1.29, 1.82) is 0 Å². The third-order valence-corrected chi connectivity index (χ3v) is 4.06. The Labute approximate surface area is 108 Å². The summed E-state index contributed by atoms with van der Waals surface area (Å²) in [5.41, 5.74) is 8.25. The molecule has 0 atom stereocenters. The molecule has 1 aromatic carbocycles. The van der Waals surface area contributed by atoms with Crippen LogP contribution in [0.3, 0.4) is 0 Å². The van der Waals surface area contributed by atoms with E-state index in [4.69, 9.17) is 5.73 Å². The fourth-order valence-electron chi connectivity index (χ4n) is 1.71. The number of nitrogens with two attached hydrogens (primary N) is 1. The van der Waals surface area contributed by atoms with Gasteiger partial charge >= 0.3 is 0 Å². The Balaban J connectivity index is 2.12. The Morgan fingerprint density at radius 1 is 1.12 bits per heavy atom. The normalized spacial score (nSPS) is 10.6. The van der Waals surface area contributed by atoms with Crippen molar-refractivity contribution in [2.45, 2.75) is 12.8 Å². The van der Waals surface area contributed by atoms with Crippen LogP contribution in [0.2, 0.25) is 0 Å². The molecule has 2 aromatic rings. The van der Waals surface area contributed by atoms with E-state index in [0.29, 0.717) is 6.54 Å². The van der Waals surface area contributed by atoms with Gasteiger partial charge in [-0.15, -0.1) is 11.3 Å². The number of hydrogen-bond acceptors (Lipinski definition) is 2. The molecule has 0 aliphatic rings. The first-order valence-electron chi connectivity index (χ1n) is 5.30. The fraction of sp³-hybridized carbons (Fsp3) is 0.231. The first-order chi connectivity index (χ1) is 7.78. The van der Waals surface area contributed by atoms with E-state index in [1.165, 1.54) is 19.8 Å². The molecule has 0 bridgehead atoms. The molecule has 0 spiro atoms. The van der Waals surface area contributed by atoms with Crippen molar-refractivity contribution in [3.63, 3.8) is 0 Å². The lowest BCUT2D eigenvalue weighted by Gasteiger charge is -2.03. The van der Waals surface area contributed by atoms with Gasteiger partial charge in [-0.2, -0.15) is 0 Å². The van der Waals surface area contributed by atoms with Crippen molar-refractivity contribution in [2.24, 2.45) is 5.73 Å². The number of benzene rings is 1. The highest BCUT2D eigenvalue weighted by atomic mass is 79.9. The zero-order valence-electron chi connectivity index (χ0n) is 8.95. The van der Waals surface area contributed by atoms with Crippen LogP contribution in [0.15, 0.2) is 40.2 Å². The second-order valence-electron chi connectivity index (χ2n) is 3.74. The fourth-order valence-corrected chi connectivity index (χ4v) is 3.23. The molecule has 0 saturated heterocycles. The summed E-state index contributed by atoms with van der Waals surface area (Å²) < 4.78 is 1.20. The van der Waals surface area contributed by atoms with Crippen molar-refractivity contribution in [2.75, 3.05) is 6.54 Å². The van der Waals surface area contributed by atoms with Crippen LogP contribution in [0.5, 0.6) is 0 Å². The van der Waals surface area contributed by atoms with Gasteiger partial charge in [-0.25, -0.2) is 0 Å². The van der Waals surface area contributed by atoms with Crippen molar-refractivity contribution in [1.82, 2.24) is 0 Å². The summed E-state index contributed by atoms with van der Waals surface area (Å²) in [6.07, 6.45) is 1.97. The van der Waals surface area contributed by atoms with Crippen molar-refractivity contribution < 1.29 is 0 Å². The Bertz CT molecular complexity index is 464. The highest BCUT2D eigenvalue weighted by Gasteiger charge is 2.00. The van der Waals surface area contributed by atoms with Gasteiger partial charge in [0.1, 0.15) is 0 Å². The molecule has 0 fully saturated rings. The van der Waals surface area contributed by atoms with Crippen LogP contribution >= 0.6 is 27.3 Å². The van der Waals surface area contributed by atoms with Crippen molar-refractivity contribution >= 4 is 27.3 Å². The molecule has 0 unspecified atom stereocenters. The van der Waals surface area contributed by atoms with Gasteiger partial charge in [-0.05, 0) is 52.2 Å². The SMILES string of the molecule is NCCc1cccc(Cc2ccc(Br)s2)c1. The zero-order valence-corrected chi connectivity index (χ0v) is 11.4. The average Bonchev–Trinajstić information content (AvgIpc) is 2.65. The van der Waals surface area contributed by atoms with Gasteiger partial charge in [0, 0.05) is 11.3 Å². The molecule has 84 valence electrons. The second kappa shape index (κ2) is 5.62. The van der Waals surface area contributed by atoms with Crippen LogP contribution in [-0.4, -0.2) is 6.54 Å². The van der Waals surface area contributed by atoms with Crippen LogP contribution in [0.4, 0.5) is 0 Å². The third kappa shape index (κ3) is 3.17. The number of hydrogen-bond donors (Lipinski definition) is 1. The van der Waals surface area contributed by atoms with Gasteiger partial charge in [-0.1, -0.05) is 24.3 Å². The third-order valence-electron chi connectivity index (χ3n) is 2.43. The first kappa shape index (κ1) is 11.8. The summed E-state index contributed by atoms with van der Waals surface area (Å²) >= 11 is 5.28. The minimum absolute atomic E-state index is 0.716. The highest BCUT2D eigenvalue weighted by molar-refractivity contribution is 9.11. The van der Waals surface area contributed by atoms with Gasteiger partial charge in [0.15, 0.2) is 0 Å². The number of thiophene rings is 1. The predicted molar refractivity (Wildman–Crippen MR) is 74.0 cm³/mol. The summed E-state index contributed by atoms with van der Waals surface area (Å²) in [6.45, 7) is 0.716. The van der Waals surface area contributed by atoms with E-state index >= 15 is 0 Å². The molecule has 0 aliphatic carbocycles. The molecule has 0 saturated carbocycles. The molecule has 1 heterocycles. The lowest BCUT2D eigenvalue weighted by molar-refractivity contribution is 0.964. The van der Waals surface area contributed by atoms with E-state index < -0.39 is 0 Å². The first-order valence-corrected chi connectivity index (χ1v) is 6.91. The quantitative estimate of drug-likeness (QED) is 0.916. The summed E-state index contributed by atoms with van der Waals surface area (Å²) in [5.74, 6) is 0. The van der Waals surface area contributed by atoms with E-state index in [2.05, 4.69) is 52.3 Å². The molecular formula is C13H14BrNS. The maximum Gasteiger partial charge on any atom is 0.0701 e. The molecule has 2 N–H and O–H groups in total. The average molecular weight is 296 g/mol. The zero-order chi connectivity index (χ0) is 11.4. The smallest absolute Gasteiger partial charge is 0.0701 e. The van der Waals surface area contributed by atoms with Crippen molar-refractivity contribution in [3.05, 3.63) is 56.2 Å². The van der Waals surface area contributed by atoms with Gasteiger partial charge in [0.05, 0.1) is 3.79 Å². The Morgan fingerprint density at radius 3 is 2.62 bits per heavy atom. The summed E-state index contributed by atoms with van der Waals surface area (Å²) in [6, 6.07) is 13.0. The molecule has 1 nitrogen and oxygen atoms in total. The number of halogens is 1. The molecule has 3 heteroatoms. The van der Waals surface area contributed by atoms with Crippen LogP contribution in [-0.2, 0) is 12.8 Å². The standard InChI is InChI=1S/C13H14BrNS/c14-13-5-4-12(16-13)9-11-3-1-2-10(8-11)6-7-15/h1-5,8H,6-7,9,15H2. The highest BCUT2D eigenvalue weighted by Crippen LogP contribution is 2.24. The molecular weight excluding hydrogens is 282 g/mol. The van der Waals surface area contributed by atoms with Crippen molar-refractivity contribution in [3.8, 4) is 0 Å². The topological polar surface area (TPSA) is 26.0 Å². The minimum atomic E-state index is 0.716. The molecule has 0 aliphatic heterocycles. The molecule has 16 heavy (non-hydrogen) atoms. The number of rotatable bonds is 4. The largest absolute Gasteiger partial charge is 0.330 e. The monoisotopic (exact) mass is 295 g/mol. The summed E-state index contributed by atoms with van der Waals surface area (Å²) in [5, 5.41) is 0. The van der Waals surface area contributed by atoms with E-state index in [-0.39, 0.29) is 0 Å².